The molecule has 0 aliphatic heterocycles. The molecule has 66 valence electrons. The summed E-state index contributed by atoms with van der Waals surface area (Å²) >= 11 is 0. The standard InChI is InChI=1S/C5H8N4O3/c6-12-2-1-4-3-7-8-5(4)9(10)11/h3H,1-2,6H2,(H,7,8). The normalized spacial score (nSPS) is 10.1. The van der Waals surface area contributed by atoms with Gasteiger partial charge in [-0.3, -0.25) is 0 Å². The van der Waals surface area contributed by atoms with Gasteiger partial charge in [0.1, 0.15) is 0 Å². The van der Waals surface area contributed by atoms with Gasteiger partial charge in [0.15, 0.2) is 0 Å². The van der Waals surface area contributed by atoms with Crippen LogP contribution in [0.2, 0.25) is 0 Å². The Morgan fingerprint density at radius 1 is 1.83 bits per heavy atom. The van der Waals surface area contributed by atoms with Crippen molar-refractivity contribution in [2.45, 2.75) is 6.42 Å². The van der Waals surface area contributed by atoms with E-state index < -0.39 is 4.92 Å². The number of hydrogen-bond donors (Lipinski definition) is 2. The number of nitrogens with zero attached hydrogens (tertiary/aromatic N) is 2. The molecule has 0 fully saturated rings. The molecule has 0 aliphatic rings. The van der Waals surface area contributed by atoms with Crippen LogP contribution in [0.3, 0.4) is 0 Å². The minimum atomic E-state index is -0.529. The lowest BCUT2D eigenvalue weighted by atomic mass is 10.2. The number of nitrogens with one attached hydrogen (secondary N) is 1. The van der Waals surface area contributed by atoms with Crippen molar-refractivity contribution in [3.8, 4) is 0 Å². The van der Waals surface area contributed by atoms with E-state index in [1.54, 1.807) is 0 Å². The lowest BCUT2D eigenvalue weighted by Gasteiger charge is -1.95. The van der Waals surface area contributed by atoms with Gasteiger partial charge in [-0.15, -0.1) is 5.10 Å². The van der Waals surface area contributed by atoms with E-state index in [-0.39, 0.29) is 12.4 Å². The molecule has 7 nitrogen and oxygen atoms in total. The second-order valence-electron chi connectivity index (χ2n) is 2.12. The summed E-state index contributed by atoms with van der Waals surface area (Å²) in [4.78, 5) is 14.1. The number of nitrogens with two attached hydrogens (primary N) is 1. The lowest BCUT2D eigenvalue weighted by molar-refractivity contribution is -0.390. The van der Waals surface area contributed by atoms with Gasteiger partial charge in [0, 0.05) is 6.42 Å². The van der Waals surface area contributed by atoms with Gasteiger partial charge in [-0.2, -0.15) is 0 Å². The van der Waals surface area contributed by atoms with Crippen LogP contribution in [0.15, 0.2) is 6.20 Å². The van der Waals surface area contributed by atoms with Crippen molar-refractivity contribution in [2.24, 2.45) is 5.90 Å². The number of nitro groups is 1. The first kappa shape index (κ1) is 8.62. The first-order valence-corrected chi connectivity index (χ1v) is 3.24. The summed E-state index contributed by atoms with van der Waals surface area (Å²) in [7, 11) is 0. The monoisotopic (exact) mass is 172 g/mol. The zero-order chi connectivity index (χ0) is 8.97. The van der Waals surface area contributed by atoms with Crippen molar-refractivity contribution in [1.29, 1.82) is 0 Å². The third-order valence-electron chi connectivity index (χ3n) is 1.37. The van der Waals surface area contributed by atoms with Gasteiger partial charge in [-0.25, -0.2) is 5.90 Å². The zero-order valence-electron chi connectivity index (χ0n) is 6.19. The molecule has 0 atom stereocenters. The summed E-state index contributed by atoms with van der Waals surface area (Å²) < 4.78 is 0. The molecular formula is C5H8N4O3. The molecule has 0 saturated heterocycles. The van der Waals surface area contributed by atoms with Crippen LogP contribution in [0.4, 0.5) is 5.82 Å². The zero-order valence-corrected chi connectivity index (χ0v) is 6.19. The average Bonchev–Trinajstić information content (AvgIpc) is 2.48. The van der Waals surface area contributed by atoms with E-state index in [9.17, 15) is 10.1 Å². The Kier molecular flexibility index (Phi) is 2.72. The summed E-state index contributed by atoms with van der Waals surface area (Å²) in [5.74, 6) is 4.67. The summed E-state index contributed by atoms with van der Waals surface area (Å²) in [6.45, 7) is 0.236. The molecule has 7 heteroatoms. The first-order valence-electron chi connectivity index (χ1n) is 3.24. The number of aromatic nitrogens is 2. The van der Waals surface area contributed by atoms with Crippen molar-refractivity contribution in [3.05, 3.63) is 21.9 Å². The van der Waals surface area contributed by atoms with Crippen LogP contribution >= 0.6 is 0 Å². The van der Waals surface area contributed by atoms with Gasteiger partial charge in [0.2, 0.25) is 0 Å². The maximum atomic E-state index is 10.3. The van der Waals surface area contributed by atoms with E-state index in [2.05, 4.69) is 15.0 Å². The van der Waals surface area contributed by atoms with Gasteiger partial charge >= 0.3 is 5.82 Å². The van der Waals surface area contributed by atoms with E-state index in [1.807, 2.05) is 0 Å². The van der Waals surface area contributed by atoms with Crippen LogP contribution in [-0.4, -0.2) is 21.7 Å². The Morgan fingerprint density at radius 2 is 2.58 bits per heavy atom. The number of hydrogen-bond acceptors (Lipinski definition) is 5. The highest BCUT2D eigenvalue weighted by atomic mass is 16.6. The third kappa shape index (κ3) is 1.77. The highest BCUT2D eigenvalue weighted by molar-refractivity contribution is 5.29. The SMILES string of the molecule is NOCCc1cn[nH]c1[N+](=O)[O-]. The quantitative estimate of drug-likeness (QED) is 0.481. The smallest absolute Gasteiger partial charge is 0.345 e. The molecule has 0 amide bonds. The fourth-order valence-corrected chi connectivity index (χ4v) is 0.814. The van der Waals surface area contributed by atoms with Crippen molar-refractivity contribution < 1.29 is 9.76 Å². The fourth-order valence-electron chi connectivity index (χ4n) is 0.814. The van der Waals surface area contributed by atoms with E-state index in [0.717, 1.165) is 0 Å². The minimum Gasteiger partial charge on any atom is -0.358 e. The molecule has 0 spiro atoms. The van der Waals surface area contributed by atoms with Gasteiger partial charge in [-0.05, 0) is 4.92 Å². The summed E-state index contributed by atoms with van der Waals surface area (Å²) in [5, 5.41) is 16.1. The summed E-state index contributed by atoms with van der Waals surface area (Å²) in [6.07, 6.45) is 1.76. The predicted octanol–water partition coefficient (Wildman–Crippen LogP) is -0.249. The number of aromatic amines is 1. The van der Waals surface area contributed by atoms with Gasteiger partial charge in [-0.1, -0.05) is 5.10 Å². The second kappa shape index (κ2) is 3.79. The summed E-state index contributed by atoms with van der Waals surface area (Å²) in [6, 6.07) is 0. The Labute approximate surface area is 67.6 Å². The lowest BCUT2D eigenvalue weighted by Crippen LogP contribution is -2.04. The van der Waals surface area contributed by atoms with Crippen LogP contribution in [0, 0.1) is 10.1 Å². The van der Waals surface area contributed by atoms with E-state index >= 15 is 0 Å². The molecule has 1 aromatic rings. The first-order chi connectivity index (χ1) is 5.75. The molecule has 1 aromatic heterocycles. The van der Waals surface area contributed by atoms with Gasteiger partial charge < -0.3 is 15.0 Å². The average molecular weight is 172 g/mol. The molecule has 3 N–H and O–H groups in total. The van der Waals surface area contributed by atoms with Gasteiger partial charge in [0.05, 0.1) is 18.4 Å². The Hall–Kier alpha value is -1.47. The predicted molar refractivity (Wildman–Crippen MR) is 39.1 cm³/mol. The van der Waals surface area contributed by atoms with Crippen molar-refractivity contribution >= 4 is 5.82 Å². The maximum Gasteiger partial charge on any atom is 0.345 e. The third-order valence-corrected chi connectivity index (χ3v) is 1.37. The fraction of sp³-hybridized carbons (Fsp3) is 0.400. The minimum absolute atomic E-state index is 0.105. The van der Waals surface area contributed by atoms with Gasteiger partial charge in [0.25, 0.3) is 0 Å². The Balaban J connectivity index is 2.70. The Morgan fingerprint density at radius 3 is 3.17 bits per heavy atom. The van der Waals surface area contributed by atoms with Crippen LogP contribution < -0.4 is 5.90 Å². The van der Waals surface area contributed by atoms with Crippen molar-refractivity contribution in [3.63, 3.8) is 0 Å². The molecule has 0 aromatic carbocycles. The molecule has 1 heterocycles. The second-order valence-corrected chi connectivity index (χ2v) is 2.12. The summed E-state index contributed by atoms with van der Waals surface area (Å²) in [5.41, 5.74) is 0.491. The molecule has 0 bridgehead atoms. The Bertz CT molecular complexity index is 271. The number of rotatable bonds is 4. The molecule has 1 rings (SSSR count). The van der Waals surface area contributed by atoms with Crippen molar-refractivity contribution in [1.82, 2.24) is 10.2 Å². The van der Waals surface area contributed by atoms with E-state index in [0.29, 0.717) is 12.0 Å². The highest BCUT2D eigenvalue weighted by Gasteiger charge is 2.13. The molecule has 0 radical (unpaired) electrons. The van der Waals surface area contributed by atoms with Crippen LogP contribution in [0.5, 0.6) is 0 Å². The van der Waals surface area contributed by atoms with Crippen LogP contribution in [-0.2, 0) is 11.3 Å². The van der Waals surface area contributed by atoms with Crippen molar-refractivity contribution in [2.75, 3.05) is 6.61 Å². The maximum absolute atomic E-state index is 10.3. The molecule has 0 saturated carbocycles. The molecule has 0 unspecified atom stereocenters. The molecule has 12 heavy (non-hydrogen) atoms. The van der Waals surface area contributed by atoms with Crippen LogP contribution in [0.1, 0.15) is 5.56 Å². The molecule has 0 aliphatic carbocycles. The topological polar surface area (TPSA) is 107 Å². The molecular weight excluding hydrogens is 164 g/mol. The van der Waals surface area contributed by atoms with Crippen LogP contribution in [0.25, 0.3) is 0 Å². The van der Waals surface area contributed by atoms with E-state index in [1.165, 1.54) is 6.20 Å². The number of H-pyrrole nitrogens is 1. The highest BCUT2D eigenvalue weighted by Crippen LogP contribution is 2.13. The largest absolute Gasteiger partial charge is 0.358 e. The van der Waals surface area contributed by atoms with E-state index in [4.69, 9.17) is 5.90 Å².